The summed E-state index contributed by atoms with van der Waals surface area (Å²) in [5.41, 5.74) is 2.96. The molecule has 3 heterocycles. The van der Waals surface area contributed by atoms with Gasteiger partial charge in [0.15, 0.2) is 9.84 Å². The molecule has 176 valence electrons. The molecule has 0 atom stereocenters. The van der Waals surface area contributed by atoms with Gasteiger partial charge in [-0.1, -0.05) is 23.7 Å². The van der Waals surface area contributed by atoms with Crippen LogP contribution in [-0.2, 0) is 14.6 Å². The van der Waals surface area contributed by atoms with E-state index in [1.165, 1.54) is 0 Å². The summed E-state index contributed by atoms with van der Waals surface area (Å²) in [5, 5.41) is 2.28. The van der Waals surface area contributed by atoms with E-state index in [1.54, 1.807) is 41.3 Å². The molecule has 1 aliphatic heterocycles. The van der Waals surface area contributed by atoms with Crippen LogP contribution in [0, 0.1) is 6.92 Å². The molecule has 0 N–H and O–H groups in total. The first kappa shape index (κ1) is 22.7. The maximum absolute atomic E-state index is 12.9. The monoisotopic (exact) mass is 496 g/mol. The van der Waals surface area contributed by atoms with E-state index in [0.717, 1.165) is 27.8 Å². The predicted octanol–water partition coefficient (Wildman–Crippen LogP) is 3.96. The molecule has 1 aliphatic rings. The second kappa shape index (κ2) is 8.92. The van der Waals surface area contributed by atoms with Crippen LogP contribution in [0.3, 0.4) is 0 Å². The van der Waals surface area contributed by atoms with E-state index in [9.17, 15) is 13.2 Å². The number of rotatable bonds is 5. The fourth-order valence-corrected chi connectivity index (χ4v) is 5.84. The van der Waals surface area contributed by atoms with E-state index in [1.807, 2.05) is 29.7 Å². The Bertz CT molecular complexity index is 1490. The van der Waals surface area contributed by atoms with Gasteiger partial charge in [-0.3, -0.25) is 4.79 Å². The lowest BCUT2D eigenvalue weighted by Crippen LogP contribution is -2.49. The maximum Gasteiger partial charge on any atom is 0.223 e. The zero-order valence-corrected chi connectivity index (χ0v) is 20.4. The number of imidazole rings is 1. The number of halogens is 1. The number of fused-ring (bicyclic) bond motifs is 2. The number of nitrogens with zero attached hydrogens (tertiary/aromatic N) is 4. The van der Waals surface area contributed by atoms with Crippen molar-refractivity contribution in [2.24, 2.45) is 0 Å². The third-order valence-electron chi connectivity index (χ3n) is 6.27. The quantitative estimate of drug-likeness (QED) is 0.418. The van der Waals surface area contributed by atoms with Crippen LogP contribution >= 0.6 is 11.6 Å². The Labute approximate surface area is 203 Å². The Balaban J connectivity index is 1.19. The second-order valence-corrected chi connectivity index (χ2v) is 11.2. The van der Waals surface area contributed by atoms with Crippen molar-refractivity contribution >= 4 is 49.5 Å². The summed E-state index contributed by atoms with van der Waals surface area (Å²) in [6, 6.07) is 14.3. The van der Waals surface area contributed by atoms with E-state index >= 15 is 0 Å². The number of sulfone groups is 1. The van der Waals surface area contributed by atoms with Gasteiger partial charge in [-0.15, -0.1) is 0 Å². The molecule has 9 heteroatoms. The molecule has 0 aliphatic carbocycles. The van der Waals surface area contributed by atoms with E-state index < -0.39 is 9.84 Å². The van der Waals surface area contributed by atoms with Gasteiger partial charge < -0.3 is 14.2 Å². The van der Waals surface area contributed by atoms with Crippen molar-refractivity contribution in [3.8, 4) is 0 Å². The normalized spacial score (nSPS) is 14.8. The number of pyridine rings is 1. The molecular weight excluding hydrogens is 472 g/mol. The molecule has 0 spiro atoms. The molecule has 34 heavy (non-hydrogen) atoms. The summed E-state index contributed by atoms with van der Waals surface area (Å²) in [4.78, 5) is 21.4. The molecule has 0 saturated carbocycles. The highest BCUT2D eigenvalue weighted by molar-refractivity contribution is 7.91. The molecule has 5 rings (SSSR count). The van der Waals surface area contributed by atoms with Crippen molar-refractivity contribution in [1.29, 1.82) is 0 Å². The molecular formula is C25H25ClN4O3S. The SMILES string of the molecule is Cc1cn2cc(N3CCN(C(=O)CCS(=O)(=O)c4ccc5cc(Cl)ccc5c4)CC3)ccc2n1. The highest BCUT2D eigenvalue weighted by atomic mass is 35.5. The van der Waals surface area contributed by atoms with Crippen LogP contribution in [0.4, 0.5) is 5.69 Å². The number of carbonyl (C=O) groups excluding carboxylic acids is 1. The smallest absolute Gasteiger partial charge is 0.223 e. The zero-order valence-electron chi connectivity index (χ0n) is 18.8. The van der Waals surface area contributed by atoms with Crippen molar-refractivity contribution in [2.75, 3.05) is 36.8 Å². The van der Waals surface area contributed by atoms with E-state index in [-0.39, 0.29) is 23.0 Å². The summed E-state index contributed by atoms with van der Waals surface area (Å²) in [7, 11) is -3.57. The van der Waals surface area contributed by atoms with Gasteiger partial charge in [0.25, 0.3) is 0 Å². The van der Waals surface area contributed by atoms with Gasteiger partial charge >= 0.3 is 0 Å². The molecule has 2 aromatic carbocycles. The van der Waals surface area contributed by atoms with Gasteiger partial charge in [0.1, 0.15) is 5.65 Å². The van der Waals surface area contributed by atoms with Crippen molar-refractivity contribution in [1.82, 2.24) is 14.3 Å². The highest BCUT2D eigenvalue weighted by Gasteiger charge is 2.24. The summed E-state index contributed by atoms with van der Waals surface area (Å²) >= 11 is 6.01. The molecule has 1 amide bonds. The summed E-state index contributed by atoms with van der Waals surface area (Å²) in [5.74, 6) is -0.335. The molecule has 0 unspecified atom stereocenters. The number of hydrogen-bond donors (Lipinski definition) is 0. The lowest BCUT2D eigenvalue weighted by Gasteiger charge is -2.36. The number of carbonyl (C=O) groups is 1. The summed E-state index contributed by atoms with van der Waals surface area (Å²) in [6.07, 6.45) is 4.02. The number of aromatic nitrogens is 2. The number of amides is 1. The van der Waals surface area contributed by atoms with Gasteiger partial charge in [-0.05, 0) is 54.1 Å². The Hall–Kier alpha value is -3.10. The van der Waals surface area contributed by atoms with Gasteiger partial charge in [0, 0.05) is 50.0 Å². The Morgan fingerprint density at radius 3 is 2.50 bits per heavy atom. The molecule has 0 bridgehead atoms. The van der Waals surface area contributed by atoms with Gasteiger partial charge in [-0.25, -0.2) is 13.4 Å². The standard InChI is InChI=1S/C25H25ClN4O3S/c1-18-16-30-17-22(5-7-24(30)27-18)28-9-11-29(12-10-28)25(31)8-13-34(32,33)23-6-3-19-14-21(26)4-2-20(19)15-23/h2-7,14-17H,8-13H2,1H3. The molecule has 1 saturated heterocycles. The van der Waals surface area contributed by atoms with Crippen LogP contribution in [0.2, 0.25) is 5.02 Å². The number of piperazine rings is 1. The minimum atomic E-state index is -3.57. The van der Waals surface area contributed by atoms with Crippen LogP contribution in [0.5, 0.6) is 0 Å². The van der Waals surface area contributed by atoms with Crippen molar-refractivity contribution < 1.29 is 13.2 Å². The largest absolute Gasteiger partial charge is 0.367 e. The third-order valence-corrected chi connectivity index (χ3v) is 8.22. The highest BCUT2D eigenvalue weighted by Crippen LogP contribution is 2.24. The van der Waals surface area contributed by atoms with Crippen molar-refractivity contribution in [2.45, 2.75) is 18.2 Å². The topological polar surface area (TPSA) is 75.0 Å². The van der Waals surface area contributed by atoms with Crippen LogP contribution < -0.4 is 4.90 Å². The zero-order chi connectivity index (χ0) is 23.9. The molecule has 7 nitrogen and oxygen atoms in total. The molecule has 2 aromatic heterocycles. The van der Waals surface area contributed by atoms with Crippen LogP contribution in [0.1, 0.15) is 12.1 Å². The van der Waals surface area contributed by atoms with E-state index in [2.05, 4.69) is 16.1 Å². The first-order chi connectivity index (χ1) is 16.3. The predicted molar refractivity (Wildman–Crippen MR) is 134 cm³/mol. The average Bonchev–Trinajstić information content (AvgIpc) is 3.21. The molecule has 1 fully saturated rings. The molecule has 4 aromatic rings. The molecule has 0 radical (unpaired) electrons. The summed E-state index contributed by atoms with van der Waals surface area (Å²) in [6.45, 7) is 4.50. The van der Waals surface area contributed by atoms with E-state index in [0.29, 0.717) is 31.2 Å². The average molecular weight is 497 g/mol. The Kier molecular flexibility index (Phi) is 5.95. The van der Waals surface area contributed by atoms with Gasteiger partial charge in [0.2, 0.25) is 5.91 Å². The minimum absolute atomic E-state index is 0.0265. The van der Waals surface area contributed by atoms with Crippen LogP contribution in [0.15, 0.2) is 65.8 Å². The first-order valence-corrected chi connectivity index (χ1v) is 13.2. The third kappa shape index (κ3) is 4.60. The van der Waals surface area contributed by atoms with Crippen molar-refractivity contribution in [3.05, 3.63) is 71.6 Å². The van der Waals surface area contributed by atoms with Gasteiger partial charge in [0.05, 0.1) is 22.0 Å². The second-order valence-electron chi connectivity index (χ2n) is 8.63. The van der Waals surface area contributed by atoms with Crippen molar-refractivity contribution in [3.63, 3.8) is 0 Å². The fourth-order valence-electron chi connectivity index (χ4n) is 4.39. The minimum Gasteiger partial charge on any atom is -0.367 e. The number of hydrogen-bond acceptors (Lipinski definition) is 5. The van der Waals surface area contributed by atoms with Crippen LogP contribution in [0.25, 0.3) is 16.4 Å². The summed E-state index contributed by atoms with van der Waals surface area (Å²) < 4.78 is 27.7. The lowest BCUT2D eigenvalue weighted by molar-refractivity contribution is -0.131. The van der Waals surface area contributed by atoms with Gasteiger partial charge in [-0.2, -0.15) is 0 Å². The fraction of sp³-hybridized carbons (Fsp3) is 0.280. The first-order valence-electron chi connectivity index (χ1n) is 11.2. The number of aryl methyl sites for hydroxylation is 1. The van der Waals surface area contributed by atoms with E-state index in [4.69, 9.17) is 11.6 Å². The Morgan fingerprint density at radius 2 is 1.71 bits per heavy atom. The maximum atomic E-state index is 12.9. The van der Waals surface area contributed by atoms with Crippen LogP contribution in [-0.4, -0.2) is 60.5 Å². The number of benzene rings is 2. The Morgan fingerprint density at radius 1 is 0.971 bits per heavy atom. The lowest BCUT2D eigenvalue weighted by atomic mass is 10.1. The number of anilines is 1.